The summed E-state index contributed by atoms with van der Waals surface area (Å²) in [5, 5.41) is 7.62. The molecule has 17 heavy (non-hydrogen) atoms. The molecule has 4 atom stereocenters. The molecule has 0 amide bonds. The van der Waals surface area contributed by atoms with Crippen LogP contribution in [0.1, 0.15) is 63.2 Å². The molecule has 1 N–H and O–H groups in total. The highest BCUT2D eigenvalue weighted by atomic mass is 16.5. The molecule has 1 aliphatic carbocycles. The Balaban J connectivity index is 1.68. The Morgan fingerprint density at radius 2 is 2.24 bits per heavy atom. The number of rotatable bonds is 3. The van der Waals surface area contributed by atoms with Gasteiger partial charge in [-0.05, 0) is 37.6 Å². The van der Waals surface area contributed by atoms with Crippen LogP contribution < -0.4 is 5.32 Å². The molecule has 2 aliphatic rings. The monoisotopic (exact) mass is 235 g/mol. The molecule has 3 rings (SSSR count). The Hall–Kier alpha value is -0.900. The van der Waals surface area contributed by atoms with Gasteiger partial charge >= 0.3 is 0 Å². The van der Waals surface area contributed by atoms with E-state index >= 15 is 0 Å². The number of aromatic nitrogens is 2. The zero-order valence-electron chi connectivity index (χ0n) is 10.6. The van der Waals surface area contributed by atoms with Gasteiger partial charge < -0.3 is 9.84 Å². The Bertz CT molecular complexity index is 390. The van der Waals surface area contributed by atoms with Crippen LogP contribution in [0, 0.1) is 11.8 Å². The third kappa shape index (κ3) is 2.23. The molecule has 0 bridgehead atoms. The van der Waals surface area contributed by atoms with Crippen LogP contribution >= 0.6 is 0 Å². The van der Waals surface area contributed by atoms with Crippen molar-refractivity contribution in [3.8, 4) is 0 Å². The molecule has 1 saturated carbocycles. The number of nitrogens with zero attached hydrogens (tertiary/aromatic N) is 2. The van der Waals surface area contributed by atoms with Crippen LogP contribution in [0.25, 0.3) is 0 Å². The molecule has 1 aliphatic heterocycles. The molecule has 0 aromatic carbocycles. The minimum Gasteiger partial charge on any atom is -0.338 e. The highest BCUT2D eigenvalue weighted by Crippen LogP contribution is 2.45. The summed E-state index contributed by atoms with van der Waals surface area (Å²) in [4.78, 5) is 4.57. The van der Waals surface area contributed by atoms with Crippen LogP contribution in [0.3, 0.4) is 0 Å². The lowest BCUT2D eigenvalue weighted by atomic mass is 9.90. The highest BCUT2D eigenvalue weighted by molar-refractivity contribution is 5.08. The molecule has 4 heteroatoms. The zero-order chi connectivity index (χ0) is 11.8. The van der Waals surface area contributed by atoms with Gasteiger partial charge in [-0.2, -0.15) is 4.98 Å². The fraction of sp³-hybridized carbons (Fsp3) is 0.846. The van der Waals surface area contributed by atoms with Gasteiger partial charge in [-0.25, -0.2) is 0 Å². The van der Waals surface area contributed by atoms with Crippen molar-refractivity contribution < 1.29 is 4.52 Å². The summed E-state index contributed by atoms with van der Waals surface area (Å²) in [7, 11) is 0. The molecule has 4 nitrogen and oxygen atoms in total. The molecule has 2 heterocycles. The number of nitrogens with one attached hydrogen (secondary N) is 1. The van der Waals surface area contributed by atoms with Gasteiger partial charge in [-0.1, -0.05) is 25.4 Å². The minimum absolute atomic E-state index is 0.281. The summed E-state index contributed by atoms with van der Waals surface area (Å²) in [6.45, 7) is 5.57. The van der Waals surface area contributed by atoms with Gasteiger partial charge in [-0.3, -0.25) is 0 Å². The van der Waals surface area contributed by atoms with Crippen LogP contribution in [-0.2, 0) is 0 Å². The average molecular weight is 235 g/mol. The zero-order valence-corrected chi connectivity index (χ0v) is 10.6. The predicted octanol–water partition coefficient (Wildman–Crippen LogP) is 2.64. The van der Waals surface area contributed by atoms with E-state index in [0.29, 0.717) is 5.92 Å². The molecular weight excluding hydrogens is 214 g/mol. The van der Waals surface area contributed by atoms with Crippen molar-refractivity contribution in [2.24, 2.45) is 11.8 Å². The lowest BCUT2D eigenvalue weighted by Crippen LogP contribution is -2.31. The van der Waals surface area contributed by atoms with Crippen LogP contribution in [0.4, 0.5) is 0 Å². The van der Waals surface area contributed by atoms with Gasteiger partial charge in [0.15, 0.2) is 5.82 Å². The van der Waals surface area contributed by atoms with Crippen LogP contribution in [0.2, 0.25) is 0 Å². The smallest absolute Gasteiger partial charge is 0.243 e. The second-order valence-electron chi connectivity index (χ2n) is 5.62. The molecule has 4 unspecified atom stereocenters. The Labute approximate surface area is 102 Å². The number of piperidine rings is 1. The molecular formula is C13H21N3O. The molecule has 0 radical (unpaired) electrons. The first kappa shape index (κ1) is 11.2. The van der Waals surface area contributed by atoms with E-state index in [0.717, 1.165) is 36.5 Å². The lowest BCUT2D eigenvalue weighted by molar-refractivity contribution is 0.245. The summed E-state index contributed by atoms with van der Waals surface area (Å²) >= 11 is 0. The first-order valence-electron chi connectivity index (χ1n) is 6.84. The second-order valence-corrected chi connectivity index (χ2v) is 5.62. The van der Waals surface area contributed by atoms with Crippen LogP contribution in [0.15, 0.2) is 4.52 Å². The summed E-state index contributed by atoms with van der Waals surface area (Å²) in [5.74, 6) is 3.82. The number of hydrogen-bond donors (Lipinski definition) is 1. The first-order chi connectivity index (χ1) is 8.28. The summed E-state index contributed by atoms with van der Waals surface area (Å²) in [6, 6.07) is 0.281. The molecule has 1 aromatic heterocycles. The van der Waals surface area contributed by atoms with E-state index in [1.807, 2.05) is 0 Å². The van der Waals surface area contributed by atoms with E-state index in [2.05, 4.69) is 29.3 Å². The van der Waals surface area contributed by atoms with E-state index in [4.69, 9.17) is 4.52 Å². The maximum Gasteiger partial charge on any atom is 0.243 e. The lowest BCUT2D eigenvalue weighted by Gasteiger charge is -2.27. The van der Waals surface area contributed by atoms with Gasteiger partial charge in [0.2, 0.25) is 5.89 Å². The third-order valence-electron chi connectivity index (χ3n) is 4.29. The third-order valence-corrected chi connectivity index (χ3v) is 4.29. The van der Waals surface area contributed by atoms with E-state index in [1.165, 1.54) is 19.3 Å². The van der Waals surface area contributed by atoms with Gasteiger partial charge in [0.05, 0.1) is 6.04 Å². The summed E-state index contributed by atoms with van der Waals surface area (Å²) in [6.07, 6.45) is 4.87. The van der Waals surface area contributed by atoms with E-state index in [-0.39, 0.29) is 6.04 Å². The van der Waals surface area contributed by atoms with Crippen molar-refractivity contribution in [1.29, 1.82) is 0 Å². The quantitative estimate of drug-likeness (QED) is 0.875. The van der Waals surface area contributed by atoms with Crippen LogP contribution in [0.5, 0.6) is 0 Å². The fourth-order valence-corrected chi connectivity index (χ4v) is 2.78. The topological polar surface area (TPSA) is 51.0 Å². The van der Waals surface area contributed by atoms with Gasteiger partial charge in [0.25, 0.3) is 0 Å². The second kappa shape index (κ2) is 4.41. The first-order valence-corrected chi connectivity index (χ1v) is 6.84. The standard InChI is InChI=1S/C13H21N3O/c1-3-9-4-5-14-11(7-9)13-15-12(16-17-13)10-6-8(10)2/h8-11,14H,3-7H2,1-2H3. The maximum absolute atomic E-state index is 5.42. The van der Waals surface area contributed by atoms with Crippen molar-refractivity contribution in [2.75, 3.05) is 6.54 Å². The summed E-state index contributed by atoms with van der Waals surface area (Å²) < 4.78 is 5.42. The Kier molecular flexibility index (Phi) is 2.90. The molecule has 2 fully saturated rings. The Morgan fingerprint density at radius 3 is 2.94 bits per heavy atom. The SMILES string of the molecule is CCC1CCNC(c2nc(C3CC3C)no2)C1. The molecule has 0 spiro atoms. The molecule has 94 valence electrons. The van der Waals surface area contributed by atoms with Crippen molar-refractivity contribution in [3.05, 3.63) is 11.7 Å². The fourth-order valence-electron chi connectivity index (χ4n) is 2.78. The van der Waals surface area contributed by atoms with E-state index < -0.39 is 0 Å². The summed E-state index contributed by atoms with van der Waals surface area (Å²) in [5.41, 5.74) is 0. The molecule has 1 aromatic rings. The van der Waals surface area contributed by atoms with Gasteiger partial charge in [0, 0.05) is 5.92 Å². The van der Waals surface area contributed by atoms with Gasteiger partial charge in [-0.15, -0.1) is 0 Å². The molecule has 1 saturated heterocycles. The Morgan fingerprint density at radius 1 is 1.41 bits per heavy atom. The van der Waals surface area contributed by atoms with Crippen LogP contribution in [-0.4, -0.2) is 16.7 Å². The van der Waals surface area contributed by atoms with Crippen molar-refractivity contribution >= 4 is 0 Å². The van der Waals surface area contributed by atoms with E-state index in [1.54, 1.807) is 0 Å². The van der Waals surface area contributed by atoms with Crippen molar-refractivity contribution in [3.63, 3.8) is 0 Å². The minimum atomic E-state index is 0.281. The largest absolute Gasteiger partial charge is 0.338 e. The van der Waals surface area contributed by atoms with Crippen molar-refractivity contribution in [1.82, 2.24) is 15.5 Å². The van der Waals surface area contributed by atoms with Crippen molar-refractivity contribution in [2.45, 2.75) is 51.5 Å². The highest BCUT2D eigenvalue weighted by Gasteiger charge is 2.38. The number of hydrogen-bond acceptors (Lipinski definition) is 4. The normalized spacial score (nSPS) is 37.1. The average Bonchev–Trinajstić information content (AvgIpc) is 2.92. The predicted molar refractivity (Wildman–Crippen MR) is 64.6 cm³/mol. The maximum atomic E-state index is 5.42. The van der Waals surface area contributed by atoms with E-state index in [9.17, 15) is 0 Å². The van der Waals surface area contributed by atoms with Gasteiger partial charge in [0.1, 0.15) is 0 Å².